The molecule has 0 aromatic carbocycles. The molecule has 0 radical (unpaired) electrons. The van der Waals surface area contributed by atoms with E-state index in [2.05, 4.69) is 44.9 Å². The van der Waals surface area contributed by atoms with Crippen LogP contribution in [0.1, 0.15) is 30.5 Å². The second-order valence-electron chi connectivity index (χ2n) is 4.70. The molecule has 0 atom stereocenters. The minimum absolute atomic E-state index is 0.564. The fraction of sp³-hybridized carbons (Fsp3) is 0.538. The molecule has 1 saturated carbocycles. The molecule has 0 bridgehead atoms. The number of thiophene rings is 1. The van der Waals surface area contributed by atoms with Crippen LogP contribution in [0.4, 0.5) is 6.01 Å². The molecule has 102 valence electrons. The Morgan fingerprint density at radius 2 is 2.37 bits per heavy atom. The Bertz CT molecular complexity index is 506. The van der Waals surface area contributed by atoms with Gasteiger partial charge in [0.05, 0.1) is 13.1 Å². The maximum atomic E-state index is 5.74. The van der Waals surface area contributed by atoms with Crippen molar-refractivity contribution >= 4 is 17.4 Å². The largest absolute Gasteiger partial charge is 0.407 e. The quantitative estimate of drug-likeness (QED) is 0.843. The van der Waals surface area contributed by atoms with Crippen molar-refractivity contribution in [2.24, 2.45) is 0 Å². The number of anilines is 1. The number of nitrogens with one attached hydrogen (secondary N) is 1. The predicted molar refractivity (Wildman–Crippen MR) is 75.2 cm³/mol. The van der Waals surface area contributed by atoms with Crippen LogP contribution in [-0.4, -0.2) is 22.8 Å². The summed E-state index contributed by atoms with van der Waals surface area (Å²) in [6, 6.07) is 5.45. The van der Waals surface area contributed by atoms with Crippen LogP contribution in [0.2, 0.25) is 0 Å². The first kappa shape index (κ1) is 12.6. The molecular formula is C13H18N4OS. The molecule has 2 heterocycles. The van der Waals surface area contributed by atoms with Crippen LogP contribution in [0.5, 0.6) is 0 Å². The summed E-state index contributed by atoms with van der Waals surface area (Å²) in [5.41, 5.74) is 0. The molecule has 1 fully saturated rings. The standard InChI is InChI=1S/C13H18N4OS/c1-2-14-8-12-15-16-13(18-12)17(10-5-6-10)9-11-4-3-7-19-11/h3-4,7,10,14H,2,5-6,8-9H2,1H3. The Morgan fingerprint density at radius 1 is 1.47 bits per heavy atom. The lowest BCUT2D eigenvalue weighted by Crippen LogP contribution is -2.24. The summed E-state index contributed by atoms with van der Waals surface area (Å²) in [4.78, 5) is 3.56. The first-order valence-corrected chi connectivity index (χ1v) is 7.57. The van der Waals surface area contributed by atoms with Crippen molar-refractivity contribution in [1.82, 2.24) is 15.5 Å². The average Bonchev–Trinajstić information content (AvgIpc) is 2.94. The van der Waals surface area contributed by atoms with E-state index in [1.807, 2.05) is 0 Å². The predicted octanol–water partition coefficient (Wildman–Crippen LogP) is 2.41. The molecule has 0 spiro atoms. The number of hydrogen-bond donors (Lipinski definition) is 1. The lowest BCUT2D eigenvalue weighted by molar-refractivity contribution is 0.462. The van der Waals surface area contributed by atoms with Crippen molar-refractivity contribution in [2.45, 2.75) is 38.9 Å². The molecule has 5 nitrogen and oxygen atoms in total. The molecule has 6 heteroatoms. The van der Waals surface area contributed by atoms with E-state index in [4.69, 9.17) is 4.42 Å². The highest BCUT2D eigenvalue weighted by atomic mass is 32.1. The van der Waals surface area contributed by atoms with E-state index < -0.39 is 0 Å². The Morgan fingerprint density at radius 3 is 3.05 bits per heavy atom. The smallest absolute Gasteiger partial charge is 0.318 e. The third kappa shape index (κ3) is 3.13. The van der Waals surface area contributed by atoms with Crippen LogP contribution in [-0.2, 0) is 13.1 Å². The Kier molecular flexibility index (Phi) is 3.79. The molecule has 0 aliphatic heterocycles. The van der Waals surface area contributed by atoms with E-state index in [0.29, 0.717) is 24.5 Å². The minimum atomic E-state index is 0.564. The van der Waals surface area contributed by atoms with Gasteiger partial charge in [0.2, 0.25) is 5.89 Å². The van der Waals surface area contributed by atoms with E-state index >= 15 is 0 Å². The van der Waals surface area contributed by atoms with Crippen LogP contribution in [0.3, 0.4) is 0 Å². The maximum absolute atomic E-state index is 5.74. The summed E-state index contributed by atoms with van der Waals surface area (Å²) in [7, 11) is 0. The van der Waals surface area contributed by atoms with Crippen molar-refractivity contribution in [2.75, 3.05) is 11.4 Å². The summed E-state index contributed by atoms with van der Waals surface area (Å²) in [5.74, 6) is 0.661. The lowest BCUT2D eigenvalue weighted by Gasteiger charge is -2.18. The fourth-order valence-electron chi connectivity index (χ4n) is 1.97. The highest BCUT2D eigenvalue weighted by molar-refractivity contribution is 7.09. The monoisotopic (exact) mass is 278 g/mol. The second kappa shape index (κ2) is 5.71. The van der Waals surface area contributed by atoms with E-state index in [-0.39, 0.29) is 0 Å². The average molecular weight is 278 g/mol. The van der Waals surface area contributed by atoms with Gasteiger partial charge in [-0.1, -0.05) is 18.1 Å². The first-order valence-electron chi connectivity index (χ1n) is 6.69. The topological polar surface area (TPSA) is 54.2 Å². The number of nitrogens with zero attached hydrogens (tertiary/aromatic N) is 3. The van der Waals surface area contributed by atoms with Gasteiger partial charge in [-0.3, -0.25) is 0 Å². The highest BCUT2D eigenvalue weighted by Gasteiger charge is 2.32. The van der Waals surface area contributed by atoms with E-state index in [0.717, 1.165) is 13.1 Å². The molecule has 3 rings (SSSR count). The summed E-state index contributed by atoms with van der Waals surface area (Å²) in [6.45, 7) is 4.47. The lowest BCUT2D eigenvalue weighted by atomic mass is 10.4. The van der Waals surface area contributed by atoms with Crippen molar-refractivity contribution in [3.05, 3.63) is 28.3 Å². The summed E-state index contributed by atoms with van der Waals surface area (Å²) in [6.07, 6.45) is 2.44. The molecule has 19 heavy (non-hydrogen) atoms. The molecule has 0 unspecified atom stereocenters. The summed E-state index contributed by atoms with van der Waals surface area (Å²) < 4.78 is 5.74. The molecule has 1 aliphatic carbocycles. The summed E-state index contributed by atoms with van der Waals surface area (Å²) in [5, 5.41) is 13.6. The van der Waals surface area contributed by atoms with Gasteiger partial charge in [0.15, 0.2) is 0 Å². The van der Waals surface area contributed by atoms with Crippen LogP contribution >= 0.6 is 11.3 Å². The molecule has 0 saturated heterocycles. The van der Waals surface area contributed by atoms with Crippen molar-refractivity contribution in [3.8, 4) is 0 Å². The van der Waals surface area contributed by atoms with Crippen molar-refractivity contribution in [3.63, 3.8) is 0 Å². The van der Waals surface area contributed by atoms with Gasteiger partial charge in [-0.05, 0) is 30.8 Å². The van der Waals surface area contributed by atoms with Gasteiger partial charge < -0.3 is 14.6 Å². The highest BCUT2D eigenvalue weighted by Crippen LogP contribution is 2.32. The second-order valence-corrected chi connectivity index (χ2v) is 5.73. The molecular weight excluding hydrogens is 260 g/mol. The molecule has 0 amide bonds. The third-order valence-electron chi connectivity index (χ3n) is 3.12. The minimum Gasteiger partial charge on any atom is -0.407 e. The van der Waals surface area contributed by atoms with Gasteiger partial charge in [-0.15, -0.1) is 16.4 Å². The van der Waals surface area contributed by atoms with Gasteiger partial charge >= 0.3 is 6.01 Å². The normalized spacial score (nSPS) is 14.8. The van der Waals surface area contributed by atoms with E-state index in [1.54, 1.807) is 11.3 Å². The molecule has 1 aliphatic rings. The summed E-state index contributed by atoms with van der Waals surface area (Å²) >= 11 is 1.77. The zero-order valence-electron chi connectivity index (χ0n) is 11.0. The molecule has 2 aromatic rings. The Labute approximate surface area is 116 Å². The van der Waals surface area contributed by atoms with E-state index in [1.165, 1.54) is 17.7 Å². The van der Waals surface area contributed by atoms with Crippen LogP contribution in [0.25, 0.3) is 0 Å². The van der Waals surface area contributed by atoms with Crippen LogP contribution in [0, 0.1) is 0 Å². The maximum Gasteiger partial charge on any atom is 0.318 e. The Balaban J connectivity index is 1.70. The zero-order chi connectivity index (χ0) is 13.1. The molecule has 1 N–H and O–H groups in total. The van der Waals surface area contributed by atoms with Gasteiger partial charge in [0, 0.05) is 10.9 Å². The van der Waals surface area contributed by atoms with Gasteiger partial charge in [-0.25, -0.2) is 0 Å². The number of hydrogen-bond acceptors (Lipinski definition) is 6. The van der Waals surface area contributed by atoms with Gasteiger partial charge in [0.25, 0.3) is 0 Å². The van der Waals surface area contributed by atoms with Crippen LogP contribution < -0.4 is 10.2 Å². The fourth-order valence-corrected chi connectivity index (χ4v) is 2.68. The van der Waals surface area contributed by atoms with Crippen molar-refractivity contribution in [1.29, 1.82) is 0 Å². The number of rotatable bonds is 7. The molecule has 2 aromatic heterocycles. The third-order valence-corrected chi connectivity index (χ3v) is 3.98. The SMILES string of the molecule is CCNCc1nnc(N(Cc2cccs2)C2CC2)o1. The van der Waals surface area contributed by atoms with Gasteiger partial charge in [0.1, 0.15) is 0 Å². The van der Waals surface area contributed by atoms with Crippen molar-refractivity contribution < 1.29 is 4.42 Å². The van der Waals surface area contributed by atoms with Crippen LogP contribution in [0.15, 0.2) is 21.9 Å². The Hall–Kier alpha value is -1.40. The van der Waals surface area contributed by atoms with Gasteiger partial charge in [-0.2, -0.15) is 0 Å². The zero-order valence-corrected chi connectivity index (χ0v) is 11.8. The first-order chi connectivity index (χ1) is 9.36. The van der Waals surface area contributed by atoms with E-state index in [9.17, 15) is 0 Å². The number of aromatic nitrogens is 2.